The molecule has 5 rings (SSSR count). The number of rotatable bonds is 5. The van der Waals surface area contributed by atoms with Crippen molar-refractivity contribution < 1.29 is 13.6 Å². The van der Waals surface area contributed by atoms with E-state index in [-0.39, 0.29) is 11.9 Å². The molecule has 1 amide bonds. The Kier molecular flexibility index (Phi) is 4.54. The van der Waals surface area contributed by atoms with Gasteiger partial charge in [-0.2, -0.15) is 0 Å². The van der Waals surface area contributed by atoms with E-state index in [9.17, 15) is 9.18 Å². The molecule has 1 aromatic carbocycles. The molecule has 3 atom stereocenters. The number of amides is 1. The molecule has 3 heterocycles. The second-order valence-electron chi connectivity index (χ2n) is 7.95. The van der Waals surface area contributed by atoms with Crippen molar-refractivity contribution in [3.05, 3.63) is 53.8 Å². The highest BCUT2D eigenvalue weighted by molar-refractivity contribution is 5.95. The highest BCUT2D eigenvalue weighted by Crippen LogP contribution is 2.48. The summed E-state index contributed by atoms with van der Waals surface area (Å²) in [5.74, 6) is 1.47. The Balaban J connectivity index is 1.33. The summed E-state index contributed by atoms with van der Waals surface area (Å²) in [6.45, 7) is 4.15. The number of aryl methyl sites for hydroxylation is 2. The van der Waals surface area contributed by atoms with E-state index in [0.29, 0.717) is 41.8 Å². The van der Waals surface area contributed by atoms with Crippen molar-refractivity contribution in [2.75, 3.05) is 5.32 Å². The van der Waals surface area contributed by atoms with Crippen LogP contribution < -0.4 is 5.32 Å². The first kappa shape index (κ1) is 18.8. The fraction of sp³-hybridized carbons (Fsp3) is 0.381. The Bertz CT molecular complexity index is 1100. The van der Waals surface area contributed by atoms with Crippen LogP contribution in [0.15, 0.2) is 35.0 Å². The summed E-state index contributed by atoms with van der Waals surface area (Å²) >= 11 is 0. The van der Waals surface area contributed by atoms with E-state index in [1.807, 2.05) is 25.1 Å². The molecule has 30 heavy (non-hydrogen) atoms. The molecule has 2 fully saturated rings. The third kappa shape index (κ3) is 3.56. The molecular formula is C21H21FN6O2. The predicted molar refractivity (Wildman–Crippen MR) is 106 cm³/mol. The summed E-state index contributed by atoms with van der Waals surface area (Å²) in [6, 6.07) is 5.72. The number of carbonyl (C=O) groups excluding carboxylic acids is 1. The molecule has 1 saturated carbocycles. The number of piperidine rings is 1. The number of hydrogen-bond acceptors (Lipinski definition) is 7. The summed E-state index contributed by atoms with van der Waals surface area (Å²) < 4.78 is 18.7. The van der Waals surface area contributed by atoms with Crippen molar-refractivity contribution in [2.45, 2.75) is 45.3 Å². The van der Waals surface area contributed by atoms with E-state index >= 15 is 0 Å². The molecule has 154 valence electrons. The molecule has 2 aromatic heterocycles. The standard InChI is InChI=1S/C21H21FN6O2/c1-11-3-4-15(7-16(11)20-23-8-14(22)9-24-20)25-21(29)18-6-13-5-17(13)28(18)10-19-27-26-12(2)30-19/h3-4,7-9,13,17-18H,5-6,10H2,1-2H3,(H,25,29)/t13?,17-,18+/m1/s1. The maximum absolute atomic E-state index is 13.2. The highest BCUT2D eigenvalue weighted by Gasteiger charge is 2.54. The first-order valence-electron chi connectivity index (χ1n) is 9.92. The lowest BCUT2D eigenvalue weighted by Crippen LogP contribution is -2.41. The summed E-state index contributed by atoms with van der Waals surface area (Å²) in [7, 11) is 0. The van der Waals surface area contributed by atoms with Crippen LogP contribution in [0.5, 0.6) is 0 Å². The molecule has 1 N–H and O–H groups in total. The maximum atomic E-state index is 13.2. The normalized spacial score (nSPS) is 22.7. The third-order valence-electron chi connectivity index (χ3n) is 5.79. The van der Waals surface area contributed by atoms with Crippen molar-refractivity contribution in [3.63, 3.8) is 0 Å². The van der Waals surface area contributed by atoms with Crippen LogP contribution in [-0.4, -0.2) is 43.1 Å². The van der Waals surface area contributed by atoms with E-state index in [1.54, 1.807) is 6.92 Å². The van der Waals surface area contributed by atoms with Crippen LogP contribution in [-0.2, 0) is 11.3 Å². The fourth-order valence-electron chi connectivity index (χ4n) is 4.20. The van der Waals surface area contributed by atoms with Gasteiger partial charge in [0.25, 0.3) is 0 Å². The van der Waals surface area contributed by atoms with Gasteiger partial charge in [-0.3, -0.25) is 9.69 Å². The molecule has 9 heteroatoms. The number of nitrogens with zero attached hydrogens (tertiary/aromatic N) is 5. The number of anilines is 1. The van der Waals surface area contributed by atoms with Gasteiger partial charge in [-0.25, -0.2) is 14.4 Å². The number of carbonyl (C=O) groups is 1. The summed E-state index contributed by atoms with van der Waals surface area (Å²) in [5, 5.41) is 11.0. The second kappa shape index (κ2) is 7.24. The number of halogens is 1. The van der Waals surface area contributed by atoms with Crippen molar-refractivity contribution >= 4 is 11.6 Å². The average molecular weight is 408 g/mol. The molecule has 8 nitrogen and oxygen atoms in total. The van der Waals surface area contributed by atoms with Crippen LogP contribution in [0.4, 0.5) is 10.1 Å². The van der Waals surface area contributed by atoms with Crippen molar-refractivity contribution in [2.24, 2.45) is 5.92 Å². The van der Waals surface area contributed by atoms with Crippen LogP contribution in [0.3, 0.4) is 0 Å². The monoisotopic (exact) mass is 408 g/mol. The lowest BCUT2D eigenvalue weighted by atomic mass is 10.1. The first-order valence-corrected chi connectivity index (χ1v) is 9.92. The van der Waals surface area contributed by atoms with Gasteiger partial charge in [0.05, 0.1) is 25.0 Å². The van der Waals surface area contributed by atoms with Gasteiger partial charge in [0.15, 0.2) is 11.6 Å². The molecule has 1 unspecified atom stereocenters. The summed E-state index contributed by atoms with van der Waals surface area (Å²) in [4.78, 5) is 23.3. The zero-order valence-corrected chi connectivity index (χ0v) is 16.7. The molecule has 1 saturated heterocycles. The molecule has 1 aliphatic carbocycles. The SMILES string of the molecule is Cc1nnc(CN2[C@@H]3CC3C[C@H]2C(=O)Nc2ccc(C)c(-c3ncc(F)cn3)c2)o1. The lowest BCUT2D eigenvalue weighted by molar-refractivity contribution is -0.121. The number of hydrogen-bond donors (Lipinski definition) is 1. The van der Waals surface area contributed by atoms with Gasteiger partial charge in [-0.1, -0.05) is 6.07 Å². The van der Waals surface area contributed by atoms with Gasteiger partial charge in [-0.15, -0.1) is 10.2 Å². The molecular weight excluding hydrogens is 387 g/mol. The zero-order chi connectivity index (χ0) is 20.8. The number of aromatic nitrogens is 4. The van der Waals surface area contributed by atoms with Gasteiger partial charge in [0.2, 0.25) is 17.7 Å². The number of nitrogens with one attached hydrogen (secondary N) is 1. The molecule has 1 aliphatic heterocycles. The van der Waals surface area contributed by atoms with Crippen LogP contribution in [0.25, 0.3) is 11.4 Å². The smallest absolute Gasteiger partial charge is 0.241 e. The lowest BCUT2D eigenvalue weighted by Gasteiger charge is -2.25. The minimum atomic E-state index is -0.489. The molecule has 3 aromatic rings. The molecule has 0 radical (unpaired) electrons. The Morgan fingerprint density at radius 3 is 2.77 bits per heavy atom. The Morgan fingerprint density at radius 1 is 1.23 bits per heavy atom. The number of fused-ring (bicyclic) bond motifs is 1. The van der Waals surface area contributed by atoms with Crippen LogP contribution in [0.1, 0.15) is 30.2 Å². The maximum Gasteiger partial charge on any atom is 0.241 e. The van der Waals surface area contributed by atoms with Crippen LogP contribution in [0, 0.1) is 25.6 Å². The van der Waals surface area contributed by atoms with Gasteiger partial charge >= 0.3 is 0 Å². The molecule has 2 aliphatic rings. The van der Waals surface area contributed by atoms with E-state index in [2.05, 4.69) is 30.4 Å². The molecule has 0 spiro atoms. The van der Waals surface area contributed by atoms with Crippen molar-refractivity contribution in [1.82, 2.24) is 25.1 Å². The fourth-order valence-corrected chi connectivity index (χ4v) is 4.20. The number of likely N-dealkylation sites (tertiary alicyclic amines) is 1. The minimum Gasteiger partial charge on any atom is -0.424 e. The molecule has 0 bridgehead atoms. The minimum absolute atomic E-state index is 0.0618. The topological polar surface area (TPSA) is 97.0 Å². The second-order valence-corrected chi connectivity index (χ2v) is 7.95. The largest absolute Gasteiger partial charge is 0.424 e. The van der Waals surface area contributed by atoms with Crippen LogP contribution >= 0.6 is 0 Å². The Hall–Kier alpha value is -3.20. The Morgan fingerprint density at radius 2 is 2.03 bits per heavy atom. The summed E-state index contributed by atoms with van der Waals surface area (Å²) in [5.41, 5.74) is 2.35. The van der Waals surface area contributed by atoms with Gasteiger partial charge in [0.1, 0.15) is 0 Å². The quantitative estimate of drug-likeness (QED) is 0.693. The summed E-state index contributed by atoms with van der Waals surface area (Å²) in [6.07, 6.45) is 4.20. The predicted octanol–water partition coefficient (Wildman–Crippen LogP) is 2.88. The number of benzene rings is 1. The van der Waals surface area contributed by atoms with Gasteiger partial charge in [0, 0.05) is 24.2 Å². The van der Waals surface area contributed by atoms with E-state index in [1.165, 1.54) is 0 Å². The Labute approximate surface area is 172 Å². The first-order chi connectivity index (χ1) is 14.5. The third-order valence-corrected chi connectivity index (χ3v) is 5.79. The van der Waals surface area contributed by atoms with Crippen molar-refractivity contribution in [1.29, 1.82) is 0 Å². The highest BCUT2D eigenvalue weighted by atomic mass is 19.1. The van der Waals surface area contributed by atoms with Gasteiger partial charge in [-0.05, 0) is 43.4 Å². The van der Waals surface area contributed by atoms with E-state index in [0.717, 1.165) is 36.4 Å². The zero-order valence-electron chi connectivity index (χ0n) is 16.7. The van der Waals surface area contributed by atoms with Gasteiger partial charge < -0.3 is 9.73 Å². The van der Waals surface area contributed by atoms with E-state index in [4.69, 9.17) is 4.42 Å². The average Bonchev–Trinajstić information content (AvgIpc) is 3.24. The van der Waals surface area contributed by atoms with E-state index < -0.39 is 5.82 Å². The van der Waals surface area contributed by atoms with Crippen molar-refractivity contribution in [3.8, 4) is 11.4 Å². The van der Waals surface area contributed by atoms with Crippen LogP contribution in [0.2, 0.25) is 0 Å².